The van der Waals surface area contributed by atoms with Gasteiger partial charge in [-0.25, -0.2) is 9.69 Å². The predicted octanol–water partition coefficient (Wildman–Crippen LogP) is 4.55. The molecule has 1 aromatic heterocycles. The summed E-state index contributed by atoms with van der Waals surface area (Å²) in [5.74, 6) is -0.900. The Bertz CT molecular complexity index is 1030. The van der Waals surface area contributed by atoms with Crippen LogP contribution in [0, 0.1) is 5.92 Å². The fraction of sp³-hybridized carbons (Fsp3) is 0.381. The highest BCUT2D eigenvalue weighted by Gasteiger charge is 2.70. The van der Waals surface area contributed by atoms with Gasteiger partial charge in [-0.05, 0) is 56.5 Å². The van der Waals surface area contributed by atoms with Gasteiger partial charge in [-0.3, -0.25) is 14.7 Å². The Morgan fingerprint density at radius 3 is 2.39 bits per heavy atom. The molecule has 7 nitrogen and oxygen atoms in total. The first kappa shape index (κ1) is 21.0. The Morgan fingerprint density at radius 1 is 1.19 bits per heavy atom. The fourth-order valence-electron chi connectivity index (χ4n) is 4.01. The summed E-state index contributed by atoms with van der Waals surface area (Å²) < 4.78 is 41.2. The molecule has 1 aromatic carbocycles. The fourth-order valence-corrected chi connectivity index (χ4v) is 4.01. The number of amides is 3. The molecule has 2 fully saturated rings. The number of hydrogen-bond donors (Lipinski definition) is 1. The summed E-state index contributed by atoms with van der Waals surface area (Å²) in [6, 6.07) is 5.87. The van der Waals surface area contributed by atoms with Crippen LogP contribution in [-0.2, 0) is 4.79 Å². The molecule has 2 aliphatic rings. The van der Waals surface area contributed by atoms with E-state index in [-0.39, 0.29) is 17.6 Å². The van der Waals surface area contributed by atoms with E-state index in [0.29, 0.717) is 17.8 Å². The number of alkyl halides is 3. The molecule has 4 rings (SSSR count). The van der Waals surface area contributed by atoms with Crippen molar-refractivity contribution < 1.29 is 27.5 Å². The summed E-state index contributed by atoms with van der Waals surface area (Å²) in [4.78, 5) is 33.4. The number of carbonyl (C=O) groups is 2. The normalized spacial score (nSPS) is 23.1. The van der Waals surface area contributed by atoms with E-state index in [9.17, 15) is 22.8 Å². The van der Waals surface area contributed by atoms with E-state index >= 15 is 0 Å². The van der Waals surface area contributed by atoms with Crippen LogP contribution in [0.3, 0.4) is 0 Å². The van der Waals surface area contributed by atoms with E-state index in [0.717, 1.165) is 17.0 Å². The van der Waals surface area contributed by atoms with E-state index in [2.05, 4.69) is 15.0 Å². The number of urea groups is 1. The number of benzene rings is 1. The quantitative estimate of drug-likeness (QED) is 0.699. The van der Waals surface area contributed by atoms with Crippen molar-refractivity contribution in [2.24, 2.45) is 5.92 Å². The molecule has 10 heteroatoms. The van der Waals surface area contributed by atoms with Crippen LogP contribution in [-0.4, -0.2) is 34.9 Å². The highest BCUT2D eigenvalue weighted by atomic mass is 19.4. The number of halogens is 3. The molecule has 164 valence electrons. The minimum Gasteiger partial charge on any atom is -0.406 e. The highest BCUT2D eigenvalue weighted by molar-refractivity contribution is 6.32. The third kappa shape index (κ3) is 3.55. The second-order valence-electron chi connectivity index (χ2n) is 8.02. The maximum Gasteiger partial charge on any atom is 0.573 e. The smallest absolute Gasteiger partial charge is 0.406 e. The molecule has 1 saturated carbocycles. The summed E-state index contributed by atoms with van der Waals surface area (Å²) in [7, 11) is 0. The molecule has 31 heavy (non-hydrogen) atoms. The van der Waals surface area contributed by atoms with Crippen molar-refractivity contribution >= 4 is 29.0 Å². The minimum absolute atomic E-state index is 0.0677. The third-order valence-electron chi connectivity index (χ3n) is 5.44. The molecule has 1 aliphatic heterocycles. The van der Waals surface area contributed by atoms with Gasteiger partial charge in [0.25, 0.3) is 5.91 Å². The first-order valence-corrected chi connectivity index (χ1v) is 9.79. The number of ether oxygens (including phenoxy) is 1. The Labute approximate surface area is 176 Å². The standard InChI is InChI=1S/C21H21F3N4O3/c1-12(2)26-16-11-25-9-8-17(16)28-19(30)27(18(29)20(28)10-13(20)3)14-4-6-15(7-5-14)31-21(22,23)24/h4-9,11-13,26H,10H2,1-3H3. The van der Waals surface area contributed by atoms with Gasteiger partial charge in [0.2, 0.25) is 0 Å². The lowest BCUT2D eigenvalue weighted by molar-refractivity contribution is -0.274. The lowest BCUT2D eigenvalue weighted by Gasteiger charge is -2.25. The second kappa shape index (κ2) is 7.14. The maximum absolute atomic E-state index is 13.4. The molecule has 0 radical (unpaired) electrons. The lowest BCUT2D eigenvalue weighted by Crippen LogP contribution is -2.39. The summed E-state index contributed by atoms with van der Waals surface area (Å²) in [6.45, 7) is 5.78. The number of hydrogen-bond acceptors (Lipinski definition) is 5. The van der Waals surface area contributed by atoms with Gasteiger partial charge in [0.05, 0.1) is 23.3 Å². The van der Waals surface area contributed by atoms with Gasteiger partial charge in [-0.15, -0.1) is 13.2 Å². The minimum atomic E-state index is -4.83. The number of rotatable bonds is 5. The largest absolute Gasteiger partial charge is 0.573 e. The van der Waals surface area contributed by atoms with E-state index < -0.39 is 29.6 Å². The van der Waals surface area contributed by atoms with Gasteiger partial charge in [0.1, 0.15) is 11.3 Å². The number of nitrogens with one attached hydrogen (secondary N) is 1. The van der Waals surface area contributed by atoms with Gasteiger partial charge >= 0.3 is 12.4 Å². The number of nitrogens with zero attached hydrogens (tertiary/aromatic N) is 3. The SMILES string of the molecule is CC(C)Nc1cnccc1N1C(=O)N(c2ccc(OC(F)(F)F)cc2)C(=O)C12CC2C. The third-order valence-corrected chi connectivity index (χ3v) is 5.44. The highest BCUT2D eigenvalue weighted by Crippen LogP contribution is 2.56. The molecule has 1 N–H and O–H groups in total. The predicted molar refractivity (Wildman–Crippen MR) is 108 cm³/mol. The van der Waals surface area contributed by atoms with Crippen molar-refractivity contribution in [2.45, 2.75) is 45.1 Å². The van der Waals surface area contributed by atoms with E-state index in [1.807, 2.05) is 20.8 Å². The average Bonchev–Trinajstić information content (AvgIpc) is 3.29. The van der Waals surface area contributed by atoms with Crippen LogP contribution in [0.25, 0.3) is 0 Å². The zero-order valence-electron chi connectivity index (χ0n) is 17.1. The Kier molecular flexibility index (Phi) is 4.83. The Hall–Kier alpha value is -3.30. The molecule has 2 aromatic rings. The monoisotopic (exact) mass is 434 g/mol. The van der Waals surface area contributed by atoms with Gasteiger partial charge < -0.3 is 10.1 Å². The Morgan fingerprint density at radius 2 is 1.84 bits per heavy atom. The molecule has 2 atom stereocenters. The molecular weight excluding hydrogens is 413 g/mol. The number of aromatic nitrogens is 1. The zero-order chi connectivity index (χ0) is 22.6. The molecule has 1 saturated heterocycles. The molecule has 0 bridgehead atoms. The summed E-state index contributed by atoms with van der Waals surface area (Å²) in [5.41, 5.74) is 0.309. The van der Waals surface area contributed by atoms with Crippen LogP contribution in [0.5, 0.6) is 5.75 Å². The molecule has 3 amide bonds. The zero-order valence-corrected chi connectivity index (χ0v) is 17.1. The van der Waals surface area contributed by atoms with E-state index in [1.54, 1.807) is 18.5 Å². The summed E-state index contributed by atoms with van der Waals surface area (Å²) in [6.07, 6.45) is -1.19. The average molecular weight is 434 g/mol. The van der Waals surface area contributed by atoms with Crippen molar-refractivity contribution in [3.8, 4) is 5.75 Å². The summed E-state index contributed by atoms with van der Waals surface area (Å²) in [5, 5.41) is 3.24. The topological polar surface area (TPSA) is 74.8 Å². The van der Waals surface area contributed by atoms with Crippen LogP contribution in [0.15, 0.2) is 42.7 Å². The van der Waals surface area contributed by atoms with Gasteiger partial charge in [0, 0.05) is 12.2 Å². The first-order chi connectivity index (χ1) is 14.5. The van der Waals surface area contributed by atoms with Crippen LogP contribution in [0.2, 0.25) is 0 Å². The van der Waals surface area contributed by atoms with Crippen molar-refractivity contribution in [2.75, 3.05) is 15.1 Å². The van der Waals surface area contributed by atoms with Crippen molar-refractivity contribution in [1.29, 1.82) is 0 Å². The molecule has 2 heterocycles. The number of carbonyl (C=O) groups excluding carboxylic acids is 2. The van der Waals surface area contributed by atoms with Crippen LogP contribution in [0.4, 0.5) is 35.0 Å². The van der Waals surface area contributed by atoms with Crippen LogP contribution >= 0.6 is 0 Å². The number of imide groups is 1. The maximum atomic E-state index is 13.4. The van der Waals surface area contributed by atoms with Crippen molar-refractivity contribution in [3.63, 3.8) is 0 Å². The van der Waals surface area contributed by atoms with Crippen LogP contribution < -0.4 is 19.9 Å². The van der Waals surface area contributed by atoms with Gasteiger partial charge in [0.15, 0.2) is 0 Å². The molecule has 1 aliphatic carbocycles. The van der Waals surface area contributed by atoms with Crippen LogP contribution in [0.1, 0.15) is 27.2 Å². The van der Waals surface area contributed by atoms with E-state index in [4.69, 9.17) is 0 Å². The second-order valence-corrected chi connectivity index (χ2v) is 8.02. The van der Waals surface area contributed by atoms with Gasteiger partial charge in [-0.2, -0.15) is 0 Å². The molecular formula is C21H21F3N4O3. The van der Waals surface area contributed by atoms with Gasteiger partial charge in [-0.1, -0.05) is 6.92 Å². The molecule has 1 spiro atoms. The first-order valence-electron chi connectivity index (χ1n) is 9.79. The van der Waals surface area contributed by atoms with Crippen molar-refractivity contribution in [3.05, 3.63) is 42.7 Å². The van der Waals surface area contributed by atoms with Crippen molar-refractivity contribution in [1.82, 2.24) is 4.98 Å². The van der Waals surface area contributed by atoms with E-state index in [1.165, 1.54) is 17.0 Å². The molecule has 2 unspecified atom stereocenters. The summed E-state index contributed by atoms with van der Waals surface area (Å²) >= 11 is 0. The number of anilines is 3. The lowest BCUT2D eigenvalue weighted by atomic mass is 10.1. The Balaban J connectivity index is 1.71. The number of pyridine rings is 1.